The molecule has 0 amide bonds. The molecule has 0 aromatic heterocycles. The van der Waals surface area contributed by atoms with Crippen molar-refractivity contribution in [1.82, 2.24) is 0 Å². The van der Waals surface area contributed by atoms with Crippen LogP contribution in [0, 0.1) is 29.1 Å². The van der Waals surface area contributed by atoms with Gasteiger partial charge in [0.1, 0.15) is 17.6 Å². The van der Waals surface area contributed by atoms with E-state index in [9.17, 15) is 23.2 Å². The van der Waals surface area contributed by atoms with Crippen molar-refractivity contribution in [3.05, 3.63) is 71.3 Å². The Morgan fingerprint density at radius 3 is 2.25 bits per heavy atom. The first-order valence-electron chi connectivity index (χ1n) is 9.86. The van der Waals surface area contributed by atoms with Gasteiger partial charge in [-0.3, -0.25) is 4.79 Å². The zero-order valence-corrected chi connectivity index (χ0v) is 18.5. The molecular formula is C24H23ClF3NO3. The minimum Gasteiger partial charge on any atom is -0.457 e. The molecule has 32 heavy (non-hydrogen) atoms. The van der Waals surface area contributed by atoms with Gasteiger partial charge in [0.05, 0.1) is 11.8 Å². The Bertz CT molecular complexity index is 980. The van der Waals surface area contributed by atoms with Crippen LogP contribution in [0.3, 0.4) is 0 Å². The van der Waals surface area contributed by atoms with Crippen molar-refractivity contribution in [1.29, 1.82) is 5.26 Å². The van der Waals surface area contributed by atoms with E-state index >= 15 is 0 Å². The Kier molecular flexibility index (Phi) is 8.73. The highest BCUT2D eigenvalue weighted by Crippen LogP contribution is 2.39. The zero-order chi connectivity index (χ0) is 23.9. The molecule has 0 spiro atoms. The molecule has 0 fully saturated rings. The summed E-state index contributed by atoms with van der Waals surface area (Å²) < 4.78 is 51.9. The van der Waals surface area contributed by atoms with Crippen molar-refractivity contribution in [3.8, 4) is 17.6 Å². The summed E-state index contributed by atoms with van der Waals surface area (Å²) in [5.74, 6) is -4.60. The predicted molar refractivity (Wildman–Crippen MR) is 115 cm³/mol. The minimum atomic E-state index is -4.71. The van der Waals surface area contributed by atoms with Gasteiger partial charge in [0.15, 0.2) is 0 Å². The molecule has 4 nitrogen and oxygen atoms in total. The average molecular weight is 466 g/mol. The van der Waals surface area contributed by atoms with Crippen molar-refractivity contribution in [2.45, 2.75) is 33.1 Å². The molecule has 170 valence electrons. The minimum absolute atomic E-state index is 0.0895. The van der Waals surface area contributed by atoms with Crippen molar-refractivity contribution in [2.24, 2.45) is 17.8 Å². The number of carbonyl (C=O) groups is 1. The van der Waals surface area contributed by atoms with Crippen LogP contribution in [-0.2, 0) is 9.53 Å². The molecule has 0 saturated carbocycles. The molecule has 2 aromatic carbocycles. The van der Waals surface area contributed by atoms with Crippen molar-refractivity contribution in [2.75, 3.05) is 0 Å². The van der Waals surface area contributed by atoms with Gasteiger partial charge in [-0.25, -0.2) is 0 Å². The van der Waals surface area contributed by atoms with Gasteiger partial charge in [-0.1, -0.05) is 61.9 Å². The molecule has 2 rings (SSSR count). The summed E-state index contributed by atoms with van der Waals surface area (Å²) in [6.45, 7) is 4.27. The standard InChI is InChI=1S/C24H23ClF3NO3/c1-15(2)22(20(12-16(3)25)24(26,27)28)23(30)32-21(14-29)17-8-7-11-19(13-17)31-18-9-5-4-6-10-18/h4-13,15,20-22H,1-3H3. The molecule has 0 saturated heterocycles. The number of rotatable bonds is 8. The van der Waals surface area contributed by atoms with Crippen LogP contribution in [0.15, 0.2) is 65.7 Å². The molecule has 0 bridgehead atoms. The molecule has 0 radical (unpaired) electrons. The van der Waals surface area contributed by atoms with Crippen LogP contribution in [0.4, 0.5) is 13.2 Å². The number of nitriles is 1. The Morgan fingerprint density at radius 2 is 1.72 bits per heavy atom. The average Bonchev–Trinajstić information content (AvgIpc) is 2.71. The lowest BCUT2D eigenvalue weighted by molar-refractivity contribution is -0.192. The topological polar surface area (TPSA) is 59.3 Å². The molecule has 3 unspecified atom stereocenters. The van der Waals surface area contributed by atoms with Gasteiger partial charge in [0, 0.05) is 10.6 Å². The quantitative estimate of drug-likeness (QED) is 0.387. The van der Waals surface area contributed by atoms with E-state index in [0.717, 1.165) is 6.08 Å². The van der Waals surface area contributed by atoms with Gasteiger partial charge in [-0.05, 0) is 37.1 Å². The maximum absolute atomic E-state index is 13.7. The monoisotopic (exact) mass is 465 g/mol. The second-order valence-corrected chi connectivity index (χ2v) is 8.12. The largest absolute Gasteiger partial charge is 0.457 e. The van der Waals surface area contributed by atoms with Crippen LogP contribution in [0.5, 0.6) is 11.5 Å². The summed E-state index contributed by atoms with van der Waals surface area (Å²) >= 11 is 5.69. The molecule has 0 aliphatic carbocycles. The van der Waals surface area contributed by atoms with Crippen molar-refractivity contribution >= 4 is 17.6 Å². The first kappa shape index (κ1) is 25.3. The van der Waals surface area contributed by atoms with Crippen molar-refractivity contribution in [3.63, 3.8) is 0 Å². The van der Waals surface area contributed by atoms with Gasteiger partial charge in [-0.2, -0.15) is 18.4 Å². The van der Waals surface area contributed by atoms with E-state index in [1.807, 2.05) is 12.1 Å². The van der Waals surface area contributed by atoms with Crippen LogP contribution in [0.2, 0.25) is 0 Å². The third-order valence-electron chi connectivity index (χ3n) is 4.66. The van der Waals surface area contributed by atoms with Crippen LogP contribution in [0.1, 0.15) is 32.4 Å². The highest BCUT2D eigenvalue weighted by atomic mass is 35.5. The number of para-hydroxylation sites is 1. The second-order valence-electron chi connectivity index (χ2n) is 7.52. The fourth-order valence-corrected chi connectivity index (χ4v) is 3.35. The number of esters is 1. The molecule has 2 aromatic rings. The fraction of sp³-hybridized carbons (Fsp3) is 0.333. The van der Waals surface area contributed by atoms with Gasteiger partial charge >= 0.3 is 12.1 Å². The first-order chi connectivity index (χ1) is 15.0. The van der Waals surface area contributed by atoms with E-state index < -0.39 is 36.0 Å². The number of hydrogen-bond acceptors (Lipinski definition) is 4. The molecule has 0 aliphatic heterocycles. The highest BCUT2D eigenvalue weighted by molar-refractivity contribution is 6.29. The number of benzene rings is 2. The van der Waals surface area contributed by atoms with Crippen molar-refractivity contribution < 1.29 is 27.4 Å². The third-order valence-corrected chi connectivity index (χ3v) is 4.78. The molecule has 0 aliphatic rings. The van der Waals surface area contributed by atoms with Crippen LogP contribution >= 0.6 is 11.6 Å². The maximum Gasteiger partial charge on any atom is 0.396 e. The van der Waals surface area contributed by atoms with Gasteiger partial charge in [0.2, 0.25) is 6.10 Å². The number of hydrogen-bond donors (Lipinski definition) is 0. The molecular weight excluding hydrogens is 443 g/mol. The lowest BCUT2D eigenvalue weighted by Gasteiger charge is -2.29. The highest BCUT2D eigenvalue weighted by Gasteiger charge is 2.48. The Morgan fingerprint density at radius 1 is 1.09 bits per heavy atom. The first-order valence-corrected chi connectivity index (χ1v) is 10.2. The lowest BCUT2D eigenvalue weighted by Crippen LogP contribution is -2.38. The number of ether oxygens (including phenoxy) is 2. The fourth-order valence-electron chi connectivity index (χ4n) is 3.21. The molecule has 8 heteroatoms. The lowest BCUT2D eigenvalue weighted by atomic mass is 9.82. The number of nitrogens with zero attached hydrogens (tertiary/aromatic N) is 1. The predicted octanol–water partition coefficient (Wildman–Crippen LogP) is 7.18. The summed E-state index contributed by atoms with van der Waals surface area (Å²) in [4.78, 5) is 12.8. The molecule has 0 N–H and O–H groups in total. The van der Waals surface area contributed by atoms with E-state index in [1.54, 1.807) is 36.4 Å². The number of allylic oxidation sites excluding steroid dienone is 2. The SMILES string of the molecule is CC(Cl)=CC(C(C(=O)OC(C#N)c1cccc(Oc2ccccc2)c1)C(C)C)C(F)(F)F. The van der Waals surface area contributed by atoms with E-state index in [4.69, 9.17) is 21.1 Å². The maximum atomic E-state index is 13.7. The Balaban J connectivity index is 2.28. The summed E-state index contributed by atoms with van der Waals surface area (Å²) in [5, 5.41) is 9.46. The summed E-state index contributed by atoms with van der Waals surface area (Å²) in [6, 6.07) is 17.0. The molecule has 0 heterocycles. The summed E-state index contributed by atoms with van der Waals surface area (Å²) in [6.07, 6.45) is -5.32. The van der Waals surface area contributed by atoms with E-state index in [0.29, 0.717) is 11.5 Å². The van der Waals surface area contributed by atoms with Crippen LogP contribution in [-0.4, -0.2) is 12.1 Å². The van der Waals surface area contributed by atoms with Crippen LogP contribution in [0.25, 0.3) is 0 Å². The zero-order valence-electron chi connectivity index (χ0n) is 17.8. The van der Waals surface area contributed by atoms with Gasteiger partial charge in [-0.15, -0.1) is 0 Å². The Hall–Kier alpha value is -2.98. The number of alkyl halides is 3. The summed E-state index contributed by atoms with van der Waals surface area (Å²) in [5.41, 5.74) is 0.282. The normalized spacial score (nSPS) is 14.9. The van der Waals surface area contributed by atoms with E-state index in [2.05, 4.69) is 0 Å². The van der Waals surface area contributed by atoms with Crippen LogP contribution < -0.4 is 4.74 Å². The van der Waals surface area contributed by atoms with E-state index in [-0.39, 0.29) is 10.6 Å². The second kappa shape index (κ2) is 11.1. The third kappa shape index (κ3) is 7.03. The number of halogens is 4. The summed E-state index contributed by atoms with van der Waals surface area (Å²) in [7, 11) is 0. The smallest absolute Gasteiger partial charge is 0.396 e. The van der Waals surface area contributed by atoms with E-state index in [1.165, 1.54) is 32.9 Å². The number of carbonyl (C=O) groups excluding carboxylic acids is 1. The Labute approximate surface area is 190 Å². The van der Waals surface area contributed by atoms with Gasteiger partial charge < -0.3 is 9.47 Å². The molecule has 3 atom stereocenters. The van der Waals surface area contributed by atoms with Gasteiger partial charge in [0.25, 0.3) is 0 Å².